The van der Waals surface area contributed by atoms with Crippen LogP contribution in [0.1, 0.15) is 11.1 Å². The maximum atomic E-state index is 12.8. The molecule has 11 heavy (non-hydrogen) atoms. The molecule has 1 rings (SSSR count). The number of terminal acetylenes is 1. The Bertz CT molecular complexity index is 318. The Kier molecular flexibility index (Phi) is 2.08. The Hall–Kier alpha value is -1.55. The second kappa shape index (κ2) is 3.03. The number of halogens is 1. The summed E-state index contributed by atoms with van der Waals surface area (Å²) < 4.78 is 12.8. The molecular weight excluding hydrogens is 139 g/mol. The molecule has 0 saturated carbocycles. The smallest absolute Gasteiger partial charge is 0.139 e. The molecule has 0 N–H and O–H groups in total. The minimum absolute atomic E-state index is 0.280. The maximum Gasteiger partial charge on any atom is 0.139 e. The Morgan fingerprint density at radius 3 is 2.73 bits per heavy atom. The zero-order chi connectivity index (χ0) is 8.27. The van der Waals surface area contributed by atoms with E-state index in [-0.39, 0.29) is 11.4 Å². The van der Waals surface area contributed by atoms with Gasteiger partial charge in [0, 0.05) is 0 Å². The van der Waals surface area contributed by atoms with Gasteiger partial charge in [-0.3, -0.25) is 0 Å². The van der Waals surface area contributed by atoms with Crippen LogP contribution in [-0.4, -0.2) is 0 Å². The highest BCUT2D eigenvalue weighted by Gasteiger charge is 2.00. The maximum absolute atomic E-state index is 12.8. The van der Waals surface area contributed by atoms with E-state index in [1.54, 1.807) is 12.1 Å². The van der Waals surface area contributed by atoms with Crippen LogP contribution in [0, 0.1) is 18.2 Å². The number of hydrogen-bond donors (Lipinski definition) is 0. The highest BCUT2D eigenvalue weighted by atomic mass is 19.1. The molecule has 1 heteroatoms. The molecule has 0 heterocycles. The third-order valence-corrected chi connectivity index (χ3v) is 1.41. The van der Waals surface area contributed by atoms with Crippen LogP contribution in [0.25, 0.3) is 6.08 Å². The van der Waals surface area contributed by atoms with E-state index in [1.165, 1.54) is 12.1 Å². The van der Waals surface area contributed by atoms with Crippen molar-refractivity contribution in [2.45, 2.75) is 0 Å². The molecule has 0 amide bonds. The van der Waals surface area contributed by atoms with Gasteiger partial charge in [-0.1, -0.05) is 30.7 Å². The van der Waals surface area contributed by atoms with Crippen LogP contribution in [0.5, 0.6) is 0 Å². The van der Waals surface area contributed by atoms with Gasteiger partial charge in [-0.15, -0.1) is 6.42 Å². The van der Waals surface area contributed by atoms with Gasteiger partial charge >= 0.3 is 0 Å². The van der Waals surface area contributed by atoms with Gasteiger partial charge in [-0.2, -0.15) is 0 Å². The third kappa shape index (κ3) is 1.30. The molecule has 0 fully saturated rings. The van der Waals surface area contributed by atoms with E-state index in [2.05, 4.69) is 12.5 Å². The Labute approximate surface area is 65.4 Å². The highest BCUT2D eigenvalue weighted by molar-refractivity contribution is 5.57. The van der Waals surface area contributed by atoms with Crippen molar-refractivity contribution in [2.24, 2.45) is 0 Å². The summed E-state index contributed by atoms with van der Waals surface area (Å²) in [6.07, 6.45) is 6.63. The van der Waals surface area contributed by atoms with Crippen molar-refractivity contribution in [3.8, 4) is 12.3 Å². The number of hydrogen-bond acceptors (Lipinski definition) is 0. The summed E-state index contributed by atoms with van der Waals surface area (Å²) in [5.41, 5.74) is 0.940. The van der Waals surface area contributed by atoms with Crippen LogP contribution in [-0.2, 0) is 0 Å². The Morgan fingerprint density at radius 1 is 1.55 bits per heavy atom. The molecule has 0 nitrogen and oxygen atoms in total. The molecule has 0 bridgehead atoms. The average Bonchev–Trinajstić information content (AvgIpc) is 2.04. The van der Waals surface area contributed by atoms with E-state index in [0.29, 0.717) is 5.56 Å². The van der Waals surface area contributed by atoms with Crippen LogP contribution in [0.3, 0.4) is 0 Å². The molecule has 0 radical (unpaired) electrons. The zero-order valence-corrected chi connectivity index (χ0v) is 5.97. The first-order valence-corrected chi connectivity index (χ1v) is 3.17. The lowest BCUT2D eigenvalue weighted by Crippen LogP contribution is -1.86. The quantitative estimate of drug-likeness (QED) is 0.534. The van der Waals surface area contributed by atoms with Gasteiger partial charge in [-0.25, -0.2) is 4.39 Å². The van der Waals surface area contributed by atoms with E-state index in [4.69, 9.17) is 6.42 Å². The van der Waals surface area contributed by atoms with Crippen molar-refractivity contribution in [3.05, 3.63) is 41.7 Å². The molecule has 0 unspecified atom stereocenters. The second-order valence-electron chi connectivity index (χ2n) is 2.05. The first-order valence-electron chi connectivity index (χ1n) is 3.17. The molecule has 0 atom stereocenters. The normalized spacial score (nSPS) is 8.73. The van der Waals surface area contributed by atoms with E-state index in [0.717, 1.165) is 0 Å². The van der Waals surface area contributed by atoms with Gasteiger partial charge in [0.25, 0.3) is 0 Å². The molecule has 0 aliphatic heterocycles. The van der Waals surface area contributed by atoms with Gasteiger partial charge in [-0.05, 0) is 11.6 Å². The predicted molar refractivity (Wildman–Crippen MR) is 44.4 cm³/mol. The van der Waals surface area contributed by atoms with E-state index >= 15 is 0 Å². The SMILES string of the molecule is C#Cc1c(F)cccc1C=C. The molecule has 0 aliphatic rings. The summed E-state index contributed by atoms with van der Waals surface area (Å²) in [4.78, 5) is 0. The molecule has 54 valence electrons. The summed E-state index contributed by atoms with van der Waals surface area (Å²) in [5, 5.41) is 0. The van der Waals surface area contributed by atoms with Crippen molar-refractivity contribution < 1.29 is 4.39 Å². The lowest BCUT2D eigenvalue weighted by molar-refractivity contribution is 0.624. The van der Waals surface area contributed by atoms with Gasteiger partial charge in [0.1, 0.15) is 5.82 Å². The van der Waals surface area contributed by atoms with Gasteiger partial charge < -0.3 is 0 Å². The average molecular weight is 146 g/mol. The highest BCUT2D eigenvalue weighted by Crippen LogP contribution is 2.12. The van der Waals surface area contributed by atoms with E-state index < -0.39 is 0 Å². The fraction of sp³-hybridized carbons (Fsp3) is 0. The minimum Gasteiger partial charge on any atom is -0.206 e. The fourth-order valence-corrected chi connectivity index (χ4v) is 0.863. The lowest BCUT2D eigenvalue weighted by atomic mass is 10.1. The third-order valence-electron chi connectivity index (χ3n) is 1.41. The van der Waals surface area contributed by atoms with Crippen LogP contribution in [0.4, 0.5) is 4.39 Å². The van der Waals surface area contributed by atoms with Crippen LogP contribution in [0.2, 0.25) is 0 Å². The lowest BCUT2D eigenvalue weighted by Gasteiger charge is -1.97. The summed E-state index contributed by atoms with van der Waals surface area (Å²) in [5.74, 6) is 1.90. The van der Waals surface area contributed by atoms with Gasteiger partial charge in [0.2, 0.25) is 0 Å². The van der Waals surface area contributed by atoms with Crippen molar-refractivity contribution in [2.75, 3.05) is 0 Å². The molecule has 0 spiro atoms. The van der Waals surface area contributed by atoms with E-state index in [9.17, 15) is 4.39 Å². The zero-order valence-electron chi connectivity index (χ0n) is 5.97. The van der Waals surface area contributed by atoms with Crippen molar-refractivity contribution in [1.82, 2.24) is 0 Å². The Balaban J connectivity index is 3.38. The van der Waals surface area contributed by atoms with Crippen molar-refractivity contribution >= 4 is 6.08 Å². The monoisotopic (exact) mass is 146 g/mol. The largest absolute Gasteiger partial charge is 0.206 e. The molecule has 0 saturated heterocycles. The molecule has 1 aromatic rings. The van der Waals surface area contributed by atoms with Crippen molar-refractivity contribution in [3.63, 3.8) is 0 Å². The number of benzene rings is 1. The summed E-state index contributed by atoms with van der Waals surface area (Å²) in [6, 6.07) is 4.67. The van der Waals surface area contributed by atoms with Crippen LogP contribution >= 0.6 is 0 Å². The molecule has 1 aromatic carbocycles. The van der Waals surface area contributed by atoms with Crippen molar-refractivity contribution in [1.29, 1.82) is 0 Å². The molecule has 0 aliphatic carbocycles. The minimum atomic E-state index is -0.370. The molecule has 0 aromatic heterocycles. The van der Waals surface area contributed by atoms with E-state index in [1.807, 2.05) is 0 Å². The Morgan fingerprint density at radius 2 is 2.27 bits per heavy atom. The van der Waals surface area contributed by atoms with Gasteiger partial charge in [0.15, 0.2) is 0 Å². The molecular formula is C10H7F. The standard InChI is InChI=1S/C10H7F/c1-3-8-6-5-7-10(11)9(8)4-2/h2-3,5-7H,1H2. The van der Waals surface area contributed by atoms with Crippen LogP contribution in [0.15, 0.2) is 24.8 Å². The number of rotatable bonds is 1. The first-order chi connectivity index (χ1) is 5.29. The topological polar surface area (TPSA) is 0 Å². The summed E-state index contributed by atoms with van der Waals surface area (Å²) in [7, 11) is 0. The fourth-order valence-electron chi connectivity index (χ4n) is 0.863. The predicted octanol–water partition coefficient (Wildman–Crippen LogP) is 2.45. The first kappa shape index (κ1) is 7.56. The summed E-state index contributed by atoms with van der Waals surface area (Å²) in [6.45, 7) is 3.52. The second-order valence-corrected chi connectivity index (χ2v) is 2.05. The van der Waals surface area contributed by atoms with Crippen LogP contribution < -0.4 is 0 Å². The van der Waals surface area contributed by atoms with Gasteiger partial charge in [0.05, 0.1) is 5.56 Å². The summed E-state index contributed by atoms with van der Waals surface area (Å²) >= 11 is 0.